The van der Waals surface area contributed by atoms with Gasteiger partial charge in [-0.1, -0.05) is 58.1 Å². The van der Waals surface area contributed by atoms with E-state index in [1.807, 2.05) is 6.92 Å². The molecule has 0 aliphatic carbocycles. The number of ketones is 1. The van der Waals surface area contributed by atoms with E-state index in [1.54, 1.807) is 18.2 Å². The van der Waals surface area contributed by atoms with Crippen molar-refractivity contribution in [3.05, 3.63) is 29.8 Å². The van der Waals surface area contributed by atoms with Crippen molar-refractivity contribution in [2.24, 2.45) is 0 Å². The lowest BCUT2D eigenvalue weighted by atomic mass is 10.1. The summed E-state index contributed by atoms with van der Waals surface area (Å²) in [4.78, 5) is 48.2. The summed E-state index contributed by atoms with van der Waals surface area (Å²) in [6.45, 7) is 4.01. The summed E-state index contributed by atoms with van der Waals surface area (Å²) in [5, 5.41) is 4.97. The molecule has 0 bridgehead atoms. The number of hydrogen-bond acceptors (Lipinski definition) is 5. The molecule has 1 aromatic rings. The Labute approximate surface area is 172 Å². The Morgan fingerprint density at radius 1 is 0.897 bits per heavy atom. The third-order valence-corrected chi connectivity index (χ3v) is 4.31. The average Bonchev–Trinajstić information content (AvgIpc) is 2.72. The molecule has 160 valence electrons. The molecule has 0 atom stereocenters. The lowest BCUT2D eigenvalue weighted by molar-refractivity contribution is -0.143. The zero-order valence-corrected chi connectivity index (χ0v) is 17.4. The van der Waals surface area contributed by atoms with Crippen molar-refractivity contribution < 1.29 is 23.9 Å². The van der Waals surface area contributed by atoms with Crippen molar-refractivity contribution in [2.45, 2.75) is 65.2 Å². The summed E-state index contributed by atoms with van der Waals surface area (Å²) in [5.74, 6) is -2.52. The Hall–Kier alpha value is -2.70. The van der Waals surface area contributed by atoms with Gasteiger partial charge in [-0.05, 0) is 25.0 Å². The van der Waals surface area contributed by atoms with Crippen molar-refractivity contribution in [1.82, 2.24) is 5.32 Å². The molecular formula is C22H32N2O5. The highest BCUT2D eigenvalue weighted by Crippen LogP contribution is 2.17. The number of nitrogens with one attached hydrogen (secondary N) is 2. The summed E-state index contributed by atoms with van der Waals surface area (Å²) in [6.07, 6.45) is 7.15. The highest BCUT2D eigenvalue weighted by atomic mass is 16.5. The van der Waals surface area contributed by atoms with Gasteiger partial charge in [-0.25, -0.2) is 0 Å². The molecule has 0 radical (unpaired) electrons. The minimum absolute atomic E-state index is 0.0867. The topological polar surface area (TPSA) is 102 Å². The van der Waals surface area contributed by atoms with Crippen molar-refractivity contribution in [3.8, 4) is 0 Å². The Morgan fingerprint density at radius 2 is 1.59 bits per heavy atom. The lowest BCUT2D eigenvalue weighted by Crippen LogP contribution is -2.36. The Bertz CT molecular complexity index is 688. The Morgan fingerprint density at radius 3 is 2.31 bits per heavy atom. The van der Waals surface area contributed by atoms with E-state index >= 15 is 0 Å². The molecule has 0 unspecified atom stereocenters. The fourth-order valence-electron chi connectivity index (χ4n) is 2.63. The van der Waals surface area contributed by atoms with Crippen LogP contribution in [-0.4, -0.2) is 36.7 Å². The maximum Gasteiger partial charge on any atom is 0.325 e. The summed E-state index contributed by atoms with van der Waals surface area (Å²) in [7, 11) is 0. The normalized spacial score (nSPS) is 10.3. The summed E-state index contributed by atoms with van der Waals surface area (Å²) < 4.78 is 4.93. The van der Waals surface area contributed by atoms with Gasteiger partial charge in [-0.2, -0.15) is 0 Å². The van der Waals surface area contributed by atoms with E-state index in [1.165, 1.54) is 6.07 Å². The molecule has 0 aliphatic rings. The van der Waals surface area contributed by atoms with Gasteiger partial charge in [0.1, 0.15) is 6.54 Å². The molecular weight excluding hydrogens is 372 g/mol. The van der Waals surface area contributed by atoms with Crippen LogP contribution < -0.4 is 10.6 Å². The quantitative estimate of drug-likeness (QED) is 0.213. The van der Waals surface area contributed by atoms with E-state index in [9.17, 15) is 19.2 Å². The maximum absolute atomic E-state index is 12.4. The Kier molecular flexibility index (Phi) is 12.0. The monoisotopic (exact) mass is 404 g/mol. The van der Waals surface area contributed by atoms with Crippen LogP contribution in [0.4, 0.5) is 5.69 Å². The number of para-hydroxylation sites is 1. The molecule has 2 amide bonds. The Balaban J connectivity index is 2.56. The second-order valence-electron chi connectivity index (χ2n) is 6.84. The van der Waals surface area contributed by atoms with Gasteiger partial charge in [0.25, 0.3) is 11.7 Å². The number of benzene rings is 1. The molecule has 2 N–H and O–H groups in total. The summed E-state index contributed by atoms with van der Waals surface area (Å²) >= 11 is 0. The van der Waals surface area contributed by atoms with Crippen LogP contribution >= 0.6 is 0 Å². The zero-order chi connectivity index (χ0) is 21.5. The van der Waals surface area contributed by atoms with E-state index < -0.39 is 17.7 Å². The first-order chi connectivity index (χ1) is 14.0. The molecule has 29 heavy (non-hydrogen) atoms. The van der Waals surface area contributed by atoms with E-state index in [4.69, 9.17) is 4.74 Å². The number of Topliss-reactive ketones (excluding diaryl/α,β-unsaturated/α-hetero) is 1. The van der Waals surface area contributed by atoms with Crippen LogP contribution in [0.25, 0.3) is 0 Å². The van der Waals surface area contributed by atoms with Crippen LogP contribution in [0.15, 0.2) is 24.3 Å². The van der Waals surface area contributed by atoms with E-state index in [-0.39, 0.29) is 30.3 Å². The fraction of sp³-hybridized carbons (Fsp3) is 0.545. The highest BCUT2D eigenvalue weighted by Gasteiger charge is 2.21. The van der Waals surface area contributed by atoms with Crippen LogP contribution in [0, 0.1) is 0 Å². The number of ether oxygens (including phenoxy) is 1. The number of carbonyl (C=O) groups is 4. The third-order valence-electron chi connectivity index (χ3n) is 4.31. The molecule has 1 rings (SSSR count). The van der Waals surface area contributed by atoms with E-state index in [0.717, 1.165) is 44.9 Å². The van der Waals surface area contributed by atoms with Crippen LogP contribution in [0.2, 0.25) is 0 Å². The average molecular weight is 405 g/mol. The molecule has 1 aromatic carbocycles. The molecule has 7 heteroatoms. The second-order valence-corrected chi connectivity index (χ2v) is 6.84. The summed E-state index contributed by atoms with van der Waals surface area (Å²) in [5.41, 5.74) is 0.375. The number of unbranched alkanes of at least 4 members (excludes halogenated alkanes) is 5. The smallest absolute Gasteiger partial charge is 0.325 e. The van der Waals surface area contributed by atoms with E-state index in [0.29, 0.717) is 6.42 Å². The largest absolute Gasteiger partial charge is 0.464 e. The number of rotatable bonds is 14. The van der Waals surface area contributed by atoms with Gasteiger partial charge in [-0.15, -0.1) is 0 Å². The van der Waals surface area contributed by atoms with E-state index in [2.05, 4.69) is 17.6 Å². The first-order valence-corrected chi connectivity index (χ1v) is 10.4. The van der Waals surface area contributed by atoms with Gasteiger partial charge in [0.2, 0.25) is 5.91 Å². The van der Waals surface area contributed by atoms with Crippen LogP contribution in [0.5, 0.6) is 0 Å². The SMILES string of the molecule is CCCCCCCC(=O)Nc1ccccc1C(=O)C(=O)NCC(=O)OCCCC. The first-order valence-electron chi connectivity index (χ1n) is 10.4. The van der Waals surface area contributed by atoms with Crippen LogP contribution in [0.3, 0.4) is 0 Å². The van der Waals surface area contributed by atoms with Crippen LogP contribution in [0.1, 0.15) is 75.6 Å². The number of amides is 2. The standard InChI is InChI=1S/C22H32N2O5/c1-3-5-7-8-9-14-19(25)24-18-13-11-10-12-17(18)21(27)22(28)23-16-20(26)29-15-6-4-2/h10-13H,3-9,14-16H2,1-2H3,(H,23,28)(H,24,25). The predicted octanol–water partition coefficient (Wildman–Crippen LogP) is 3.63. The lowest BCUT2D eigenvalue weighted by Gasteiger charge is -2.10. The van der Waals surface area contributed by atoms with Gasteiger partial charge in [-0.3, -0.25) is 19.2 Å². The van der Waals surface area contributed by atoms with Crippen molar-refractivity contribution in [2.75, 3.05) is 18.5 Å². The minimum atomic E-state index is -0.918. The third kappa shape index (κ3) is 9.87. The van der Waals surface area contributed by atoms with Crippen LogP contribution in [-0.2, 0) is 19.1 Å². The summed E-state index contributed by atoms with van der Waals surface area (Å²) in [6, 6.07) is 6.34. The predicted molar refractivity (Wildman–Crippen MR) is 112 cm³/mol. The number of carbonyl (C=O) groups excluding carboxylic acids is 4. The van der Waals surface area contributed by atoms with Gasteiger partial charge in [0.05, 0.1) is 17.9 Å². The molecule has 0 saturated carbocycles. The number of esters is 1. The highest BCUT2D eigenvalue weighted by molar-refractivity contribution is 6.44. The molecule has 0 saturated heterocycles. The first kappa shape index (κ1) is 24.3. The zero-order valence-electron chi connectivity index (χ0n) is 17.4. The van der Waals surface area contributed by atoms with Crippen molar-refractivity contribution >= 4 is 29.3 Å². The molecule has 0 aliphatic heterocycles. The van der Waals surface area contributed by atoms with Crippen molar-refractivity contribution in [1.29, 1.82) is 0 Å². The molecule has 0 heterocycles. The minimum Gasteiger partial charge on any atom is -0.464 e. The second kappa shape index (κ2) is 14.3. The van der Waals surface area contributed by atoms with Gasteiger partial charge < -0.3 is 15.4 Å². The number of anilines is 1. The molecule has 7 nitrogen and oxygen atoms in total. The van der Waals surface area contributed by atoms with Gasteiger partial charge in [0.15, 0.2) is 0 Å². The number of hydrogen-bond donors (Lipinski definition) is 2. The van der Waals surface area contributed by atoms with Gasteiger partial charge >= 0.3 is 5.97 Å². The maximum atomic E-state index is 12.4. The van der Waals surface area contributed by atoms with Gasteiger partial charge in [0, 0.05) is 6.42 Å². The molecule has 0 aromatic heterocycles. The fourth-order valence-corrected chi connectivity index (χ4v) is 2.63. The molecule has 0 spiro atoms. The molecule has 0 fully saturated rings. The van der Waals surface area contributed by atoms with Crippen molar-refractivity contribution in [3.63, 3.8) is 0 Å².